The van der Waals surface area contributed by atoms with Crippen LogP contribution < -0.4 is 14.8 Å². The molecule has 0 bridgehead atoms. The van der Waals surface area contributed by atoms with Crippen LogP contribution in [0.1, 0.15) is 23.6 Å². The molecule has 0 aliphatic heterocycles. The molecule has 0 aliphatic carbocycles. The number of hydrogen-bond donors (Lipinski definition) is 1. The minimum atomic E-state index is -0.639. The predicted octanol–water partition coefficient (Wildman–Crippen LogP) is 4.68. The lowest BCUT2D eigenvalue weighted by Gasteiger charge is -2.29. The lowest BCUT2D eigenvalue weighted by Crippen LogP contribution is -2.48. The molecule has 35 heavy (non-hydrogen) atoms. The third-order valence-corrected chi connectivity index (χ3v) is 6.04. The number of carbonyl (C=O) groups excluding carboxylic acids is 2. The van der Waals surface area contributed by atoms with E-state index in [-0.39, 0.29) is 18.2 Å². The van der Waals surface area contributed by atoms with Gasteiger partial charge in [-0.3, -0.25) is 9.59 Å². The first-order chi connectivity index (χ1) is 16.9. The Kier molecular flexibility index (Phi) is 9.56. The Labute approximate surface area is 211 Å². The highest BCUT2D eigenvalue weighted by Crippen LogP contribution is 2.27. The molecular weight excluding hydrogens is 464 g/mol. The monoisotopic (exact) mass is 494 g/mol. The molecule has 2 amide bonds. The molecule has 7 heteroatoms. The topological polar surface area (TPSA) is 67.9 Å². The molecule has 0 radical (unpaired) electrons. The smallest absolute Gasteiger partial charge is 0.242 e. The van der Waals surface area contributed by atoms with Crippen molar-refractivity contribution in [2.75, 3.05) is 20.8 Å². The largest absolute Gasteiger partial charge is 0.493 e. The summed E-state index contributed by atoms with van der Waals surface area (Å²) in [5.74, 6) is 0.973. The number of benzene rings is 3. The van der Waals surface area contributed by atoms with Crippen molar-refractivity contribution in [3.63, 3.8) is 0 Å². The number of nitrogens with one attached hydrogen (secondary N) is 1. The highest BCUT2D eigenvalue weighted by Gasteiger charge is 2.26. The summed E-state index contributed by atoms with van der Waals surface area (Å²) in [4.78, 5) is 27.9. The van der Waals surface area contributed by atoms with Crippen LogP contribution in [-0.4, -0.2) is 43.5 Å². The summed E-state index contributed by atoms with van der Waals surface area (Å²) in [6.07, 6.45) is 0.809. The maximum atomic E-state index is 13.3. The van der Waals surface area contributed by atoms with Crippen LogP contribution >= 0.6 is 11.6 Å². The van der Waals surface area contributed by atoms with Crippen LogP contribution in [0.15, 0.2) is 72.8 Å². The number of nitrogens with zero attached hydrogens (tertiary/aromatic N) is 1. The molecule has 0 spiro atoms. The number of ether oxygens (including phenoxy) is 2. The molecule has 1 N–H and O–H groups in total. The lowest BCUT2D eigenvalue weighted by atomic mass is 10.1. The van der Waals surface area contributed by atoms with E-state index in [1.165, 1.54) is 0 Å². The van der Waals surface area contributed by atoms with Crippen LogP contribution in [-0.2, 0) is 29.0 Å². The summed E-state index contributed by atoms with van der Waals surface area (Å²) < 4.78 is 10.6. The summed E-state index contributed by atoms with van der Waals surface area (Å²) in [7, 11) is 3.18. The number of methoxy groups -OCH3 is 2. The first kappa shape index (κ1) is 26.1. The minimum absolute atomic E-state index is 0.126. The molecule has 0 saturated carbocycles. The second kappa shape index (κ2) is 12.8. The van der Waals surface area contributed by atoms with Gasteiger partial charge >= 0.3 is 0 Å². The maximum Gasteiger partial charge on any atom is 0.242 e. The van der Waals surface area contributed by atoms with Gasteiger partial charge in [0.2, 0.25) is 11.8 Å². The van der Waals surface area contributed by atoms with Crippen molar-refractivity contribution in [2.24, 2.45) is 0 Å². The summed E-state index contributed by atoms with van der Waals surface area (Å²) in [5, 5.41) is 3.58. The van der Waals surface area contributed by atoms with Gasteiger partial charge in [-0.1, -0.05) is 60.1 Å². The molecule has 1 atom stereocenters. The normalized spacial score (nSPS) is 11.4. The fourth-order valence-electron chi connectivity index (χ4n) is 3.76. The molecule has 6 nitrogen and oxygen atoms in total. The zero-order valence-electron chi connectivity index (χ0n) is 20.3. The van der Waals surface area contributed by atoms with Crippen molar-refractivity contribution in [3.05, 3.63) is 94.5 Å². The van der Waals surface area contributed by atoms with Crippen LogP contribution in [0.2, 0.25) is 5.02 Å². The molecule has 3 rings (SSSR count). The van der Waals surface area contributed by atoms with Crippen molar-refractivity contribution in [1.29, 1.82) is 0 Å². The van der Waals surface area contributed by atoms with Crippen LogP contribution in [0.5, 0.6) is 11.5 Å². The highest BCUT2D eigenvalue weighted by atomic mass is 35.5. The quantitative estimate of drug-likeness (QED) is 0.420. The van der Waals surface area contributed by atoms with Gasteiger partial charge in [0.1, 0.15) is 6.04 Å². The molecule has 0 saturated heterocycles. The number of amides is 2. The fraction of sp³-hybridized carbons (Fsp3) is 0.286. The number of hydrogen-bond acceptors (Lipinski definition) is 4. The van der Waals surface area contributed by atoms with E-state index in [1.54, 1.807) is 38.2 Å². The Balaban J connectivity index is 1.66. The average molecular weight is 495 g/mol. The zero-order valence-corrected chi connectivity index (χ0v) is 21.0. The van der Waals surface area contributed by atoms with E-state index in [9.17, 15) is 9.59 Å². The number of carbonyl (C=O) groups is 2. The average Bonchev–Trinajstić information content (AvgIpc) is 2.88. The Morgan fingerprint density at radius 1 is 0.886 bits per heavy atom. The first-order valence-electron chi connectivity index (χ1n) is 11.5. The van der Waals surface area contributed by atoms with Gasteiger partial charge in [-0.15, -0.1) is 0 Å². The van der Waals surface area contributed by atoms with Gasteiger partial charge in [0.05, 0.1) is 20.6 Å². The molecule has 184 valence electrons. The zero-order chi connectivity index (χ0) is 25.2. The Bertz CT molecular complexity index is 1120. The van der Waals surface area contributed by atoms with Gasteiger partial charge in [0.25, 0.3) is 0 Å². The molecule has 0 fully saturated rings. The SMILES string of the molecule is COc1ccc(CCNC(=O)[C@@H](C)N(Cc2ccccc2)C(=O)Cc2ccc(Cl)cc2)cc1OC. The van der Waals surface area contributed by atoms with E-state index in [0.717, 1.165) is 16.7 Å². The summed E-state index contributed by atoms with van der Waals surface area (Å²) in [6, 6.07) is 21.9. The molecule has 3 aromatic carbocycles. The molecule has 3 aromatic rings. The number of halogens is 1. The van der Waals surface area contributed by atoms with E-state index < -0.39 is 6.04 Å². The Morgan fingerprint density at radius 3 is 2.20 bits per heavy atom. The van der Waals surface area contributed by atoms with E-state index in [4.69, 9.17) is 21.1 Å². The highest BCUT2D eigenvalue weighted by molar-refractivity contribution is 6.30. The second-order valence-electron chi connectivity index (χ2n) is 8.22. The van der Waals surface area contributed by atoms with E-state index in [2.05, 4.69) is 5.32 Å². The van der Waals surface area contributed by atoms with Gasteiger partial charge in [0, 0.05) is 18.1 Å². The van der Waals surface area contributed by atoms with Crippen molar-refractivity contribution < 1.29 is 19.1 Å². The van der Waals surface area contributed by atoms with E-state index in [1.807, 2.05) is 60.7 Å². The van der Waals surface area contributed by atoms with Crippen molar-refractivity contribution in [1.82, 2.24) is 10.2 Å². The van der Waals surface area contributed by atoms with E-state index in [0.29, 0.717) is 36.0 Å². The van der Waals surface area contributed by atoms with Gasteiger partial charge in [-0.2, -0.15) is 0 Å². The maximum absolute atomic E-state index is 13.3. The first-order valence-corrected chi connectivity index (χ1v) is 11.9. The van der Waals surface area contributed by atoms with E-state index >= 15 is 0 Å². The summed E-state index contributed by atoms with van der Waals surface area (Å²) in [6.45, 7) is 2.54. The predicted molar refractivity (Wildman–Crippen MR) is 138 cm³/mol. The van der Waals surface area contributed by atoms with Gasteiger partial charge in [-0.25, -0.2) is 0 Å². The van der Waals surface area contributed by atoms with Gasteiger partial charge in [0.15, 0.2) is 11.5 Å². The van der Waals surface area contributed by atoms with Gasteiger partial charge < -0.3 is 19.7 Å². The van der Waals surface area contributed by atoms with Crippen LogP contribution in [0, 0.1) is 0 Å². The van der Waals surface area contributed by atoms with Gasteiger partial charge in [-0.05, 0) is 54.3 Å². The van der Waals surface area contributed by atoms with Crippen LogP contribution in [0.25, 0.3) is 0 Å². The summed E-state index contributed by atoms with van der Waals surface area (Å²) >= 11 is 5.97. The Morgan fingerprint density at radius 2 is 1.54 bits per heavy atom. The minimum Gasteiger partial charge on any atom is -0.493 e. The van der Waals surface area contributed by atoms with Crippen LogP contribution in [0.3, 0.4) is 0 Å². The lowest BCUT2D eigenvalue weighted by molar-refractivity contribution is -0.140. The molecule has 0 heterocycles. The van der Waals surface area contributed by atoms with Crippen molar-refractivity contribution in [3.8, 4) is 11.5 Å². The second-order valence-corrected chi connectivity index (χ2v) is 8.65. The van der Waals surface area contributed by atoms with Crippen LogP contribution in [0.4, 0.5) is 0 Å². The molecule has 0 aromatic heterocycles. The van der Waals surface area contributed by atoms with Crippen molar-refractivity contribution in [2.45, 2.75) is 32.4 Å². The number of rotatable bonds is 11. The summed E-state index contributed by atoms with van der Waals surface area (Å²) in [5.41, 5.74) is 2.82. The molecule has 0 aliphatic rings. The fourth-order valence-corrected chi connectivity index (χ4v) is 3.88. The van der Waals surface area contributed by atoms with Crippen molar-refractivity contribution >= 4 is 23.4 Å². The Hall–Kier alpha value is -3.51. The molecule has 0 unspecified atom stereocenters. The standard InChI is InChI=1S/C28H31ClN2O4/c1-20(28(33)30-16-15-22-11-14-25(34-2)26(17-22)35-3)31(19-23-7-5-4-6-8-23)27(32)18-21-9-12-24(29)13-10-21/h4-14,17,20H,15-16,18-19H2,1-3H3,(H,30,33)/t20-/m1/s1. The third-order valence-electron chi connectivity index (χ3n) is 5.79. The third kappa shape index (κ3) is 7.49. The molecular formula is C28H31ClN2O4.